The third-order valence-corrected chi connectivity index (χ3v) is 3.52. The molecule has 0 aromatic carbocycles. The third kappa shape index (κ3) is 1.66. The minimum atomic E-state index is 0.0949. The van der Waals surface area contributed by atoms with E-state index in [1.807, 2.05) is 24.0 Å². The van der Waals surface area contributed by atoms with Crippen molar-refractivity contribution in [2.45, 2.75) is 18.7 Å². The molecule has 1 saturated heterocycles. The van der Waals surface area contributed by atoms with E-state index in [2.05, 4.69) is 0 Å². The summed E-state index contributed by atoms with van der Waals surface area (Å²) in [7, 11) is 0. The molecule has 3 nitrogen and oxygen atoms in total. The van der Waals surface area contributed by atoms with E-state index in [0.717, 1.165) is 18.1 Å². The van der Waals surface area contributed by atoms with Crippen molar-refractivity contribution in [2.24, 2.45) is 0 Å². The Morgan fingerprint density at radius 3 is 3.29 bits per heavy atom. The van der Waals surface area contributed by atoms with E-state index in [-0.39, 0.29) is 11.3 Å². The summed E-state index contributed by atoms with van der Waals surface area (Å²) in [6.45, 7) is 2.73. The predicted octanol–water partition coefficient (Wildman–Crippen LogP) is 2.26. The van der Waals surface area contributed by atoms with Gasteiger partial charge in [-0.2, -0.15) is 0 Å². The second-order valence-corrected chi connectivity index (χ2v) is 4.37. The van der Waals surface area contributed by atoms with Crippen molar-refractivity contribution in [1.82, 2.24) is 4.90 Å². The number of hydrogen-bond donors (Lipinski definition) is 0. The van der Waals surface area contributed by atoms with Crippen LogP contribution >= 0.6 is 11.8 Å². The highest BCUT2D eigenvalue weighted by atomic mass is 32.2. The molecule has 1 unspecified atom stereocenters. The van der Waals surface area contributed by atoms with Gasteiger partial charge in [0.2, 0.25) is 5.91 Å². The van der Waals surface area contributed by atoms with Gasteiger partial charge in [0.05, 0.1) is 6.26 Å². The van der Waals surface area contributed by atoms with Crippen LogP contribution in [0.5, 0.6) is 0 Å². The molecular formula is C10H13NO2S. The van der Waals surface area contributed by atoms with Crippen molar-refractivity contribution in [1.29, 1.82) is 0 Å². The maximum atomic E-state index is 11.6. The van der Waals surface area contributed by atoms with Crippen LogP contribution in [-0.4, -0.2) is 23.1 Å². The van der Waals surface area contributed by atoms with Gasteiger partial charge < -0.3 is 9.32 Å². The third-order valence-electron chi connectivity index (χ3n) is 2.30. The molecule has 0 radical (unpaired) electrons. The molecule has 1 aromatic heterocycles. The van der Waals surface area contributed by atoms with E-state index in [9.17, 15) is 4.79 Å². The average molecular weight is 211 g/mol. The van der Waals surface area contributed by atoms with Crippen LogP contribution in [0.25, 0.3) is 0 Å². The fourth-order valence-electron chi connectivity index (χ4n) is 1.60. The van der Waals surface area contributed by atoms with Crippen molar-refractivity contribution >= 4 is 17.7 Å². The smallest absolute Gasteiger partial charge is 0.223 e. The van der Waals surface area contributed by atoms with Gasteiger partial charge in [0.15, 0.2) is 0 Å². The first-order valence-electron chi connectivity index (χ1n) is 4.77. The molecule has 1 aromatic rings. The molecule has 2 rings (SSSR count). The van der Waals surface area contributed by atoms with Gasteiger partial charge in [-0.05, 0) is 12.1 Å². The van der Waals surface area contributed by atoms with Crippen molar-refractivity contribution in [3.05, 3.63) is 24.2 Å². The zero-order chi connectivity index (χ0) is 9.97. The van der Waals surface area contributed by atoms with Crippen LogP contribution in [0.15, 0.2) is 22.8 Å². The number of nitrogens with zero attached hydrogens (tertiary/aromatic N) is 1. The molecule has 14 heavy (non-hydrogen) atoms. The Kier molecular flexibility index (Phi) is 2.82. The molecule has 4 heteroatoms. The lowest BCUT2D eigenvalue weighted by molar-refractivity contribution is -0.131. The topological polar surface area (TPSA) is 33.5 Å². The van der Waals surface area contributed by atoms with Gasteiger partial charge in [0, 0.05) is 18.7 Å². The van der Waals surface area contributed by atoms with Gasteiger partial charge in [-0.25, -0.2) is 0 Å². The van der Waals surface area contributed by atoms with Gasteiger partial charge >= 0.3 is 0 Å². The van der Waals surface area contributed by atoms with Crippen LogP contribution in [0.1, 0.15) is 24.5 Å². The van der Waals surface area contributed by atoms with Gasteiger partial charge in [0.25, 0.3) is 0 Å². The number of furan rings is 1. The Labute approximate surface area is 87.5 Å². The lowest BCUT2D eigenvalue weighted by Crippen LogP contribution is -2.29. The molecule has 0 bridgehead atoms. The highest BCUT2D eigenvalue weighted by Crippen LogP contribution is 2.38. The zero-order valence-electron chi connectivity index (χ0n) is 8.10. The lowest BCUT2D eigenvalue weighted by atomic mass is 10.3. The standard InChI is InChI=1S/C10H13NO2S/c1-2-9(12)11-5-7-14-10(11)8-4-3-6-13-8/h3-4,6,10H,2,5,7H2,1H3. The first-order valence-corrected chi connectivity index (χ1v) is 5.82. The molecule has 1 aliphatic heterocycles. The number of hydrogen-bond acceptors (Lipinski definition) is 3. The summed E-state index contributed by atoms with van der Waals surface area (Å²) in [5.74, 6) is 2.09. The second-order valence-electron chi connectivity index (χ2n) is 3.18. The van der Waals surface area contributed by atoms with Crippen molar-refractivity contribution < 1.29 is 9.21 Å². The Hall–Kier alpha value is -0.900. The van der Waals surface area contributed by atoms with Crippen LogP contribution < -0.4 is 0 Å². The Bertz CT molecular complexity index is 310. The van der Waals surface area contributed by atoms with Gasteiger partial charge in [-0.15, -0.1) is 11.8 Å². The van der Waals surface area contributed by atoms with Crippen LogP contribution in [-0.2, 0) is 4.79 Å². The molecule has 1 aliphatic rings. The molecule has 1 atom stereocenters. The van der Waals surface area contributed by atoms with E-state index >= 15 is 0 Å². The highest BCUT2D eigenvalue weighted by molar-refractivity contribution is 7.99. The first kappa shape index (κ1) is 9.65. The molecule has 0 N–H and O–H groups in total. The lowest BCUT2D eigenvalue weighted by Gasteiger charge is -2.21. The highest BCUT2D eigenvalue weighted by Gasteiger charge is 2.31. The first-order chi connectivity index (χ1) is 6.83. The van der Waals surface area contributed by atoms with Crippen molar-refractivity contribution in [2.75, 3.05) is 12.3 Å². The molecule has 1 fully saturated rings. The van der Waals surface area contributed by atoms with Crippen LogP contribution in [0.2, 0.25) is 0 Å². The van der Waals surface area contributed by atoms with Crippen LogP contribution in [0.4, 0.5) is 0 Å². The van der Waals surface area contributed by atoms with E-state index in [1.165, 1.54) is 0 Å². The average Bonchev–Trinajstić information content (AvgIpc) is 2.85. The minimum Gasteiger partial charge on any atom is -0.466 e. The molecule has 1 amide bonds. The van der Waals surface area contributed by atoms with Gasteiger partial charge in [-0.3, -0.25) is 4.79 Å². The maximum absolute atomic E-state index is 11.6. The number of rotatable bonds is 2. The molecule has 0 saturated carbocycles. The summed E-state index contributed by atoms with van der Waals surface area (Å²) in [6, 6.07) is 3.79. The number of thioether (sulfide) groups is 1. The van der Waals surface area contributed by atoms with Gasteiger partial charge in [-0.1, -0.05) is 6.92 Å². The Morgan fingerprint density at radius 2 is 2.64 bits per heavy atom. The van der Waals surface area contributed by atoms with Gasteiger partial charge in [0.1, 0.15) is 11.1 Å². The fraction of sp³-hybridized carbons (Fsp3) is 0.500. The van der Waals surface area contributed by atoms with Crippen LogP contribution in [0, 0.1) is 0 Å². The fourth-order valence-corrected chi connectivity index (χ4v) is 2.82. The second kappa shape index (κ2) is 4.09. The molecule has 76 valence electrons. The number of carbonyl (C=O) groups excluding carboxylic acids is 1. The normalized spacial score (nSPS) is 21.5. The zero-order valence-corrected chi connectivity index (χ0v) is 8.92. The van der Waals surface area contributed by atoms with Crippen LogP contribution in [0.3, 0.4) is 0 Å². The maximum Gasteiger partial charge on any atom is 0.223 e. The Morgan fingerprint density at radius 1 is 1.79 bits per heavy atom. The summed E-state index contributed by atoms with van der Waals surface area (Å²) >= 11 is 1.76. The van der Waals surface area contributed by atoms with E-state index < -0.39 is 0 Å². The summed E-state index contributed by atoms with van der Waals surface area (Å²) in [5, 5.41) is 0.0949. The number of amides is 1. The monoisotopic (exact) mass is 211 g/mol. The molecule has 2 heterocycles. The van der Waals surface area contributed by atoms with E-state index in [1.54, 1.807) is 18.0 Å². The summed E-state index contributed by atoms with van der Waals surface area (Å²) in [4.78, 5) is 13.5. The SMILES string of the molecule is CCC(=O)N1CCSC1c1ccco1. The molecule has 0 spiro atoms. The quantitative estimate of drug-likeness (QED) is 0.752. The summed E-state index contributed by atoms with van der Waals surface area (Å²) in [5.41, 5.74) is 0. The number of carbonyl (C=O) groups is 1. The largest absolute Gasteiger partial charge is 0.466 e. The molecular weight excluding hydrogens is 198 g/mol. The summed E-state index contributed by atoms with van der Waals surface area (Å²) in [6.07, 6.45) is 2.22. The van der Waals surface area contributed by atoms with Crippen molar-refractivity contribution in [3.63, 3.8) is 0 Å². The van der Waals surface area contributed by atoms with E-state index in [4.69, 9.17) is 4.42 Å². The predicted molar refractivity (Wildman–Crippen MR) is 55.9 cm³/mol. The minimum absolute atomic E-state index is 0.0949. The Balaban J connectivity index is 2.15. The van der Waals surface area contributed by atoms with E-state index in [0.29, 0.717) is 6.42 Å². The summed E-state index contributed by atoms with van der Waals surface area (Å²) < 4.78 is 5.33. The molecule has 0 aliphatic carbocycles. The van der Waals surface area contributed by atoms with Crippen molar-refractivity contribution in [3.8, 4) is 0 Å².